The number of carboxylic acids is 1. The lowest BCUT2D eigenvalue weighted by Gasteiger charge is -2.17. The maximum atomic E-state index is 12.4. The van der Waals surface area contributed by atoms with Crippen molar-refractivity contribution in [3.8, 4) is 0 Å². The van der Waals surface area contributed by atoms with Crippen molar-refractivity contribution in [2.45, 2.75) is 193 Å². The molecule has 0 aliphatic carbocycles. The molecule has 1 N–H and O–H groups in total. The lowest BCUT2D eigenvalue weighted by Crippen LogP contribution is -2.18. The Balaban J connectivity index is 3.78. The molecule has 0 saturated heterocycles. The number of hydrogen-bond donors (Lipinski definition) is 1. The smallest absolute Gasteiger partial charge is 0.306 e. The monoisotopic (exact) mass is 615 g/mol. The van der Waals surface area contributed by atoms with Crippen molar-refractivity contribution >= 4 is 11.9 Å². The molecular formula is C40H70O4. The van der Waals surface area contributed by atoms with Gasteiger partial charge in [0, 0.05) is 12.8 Å². The third kappa shape index (κ3) is 34.4. The van der Waals surface area contributed by atoms with Crippen LogP contribution in [0, 0.1) is 0 Å². The number of rotatable bonds is 33. The summed E-state index contributed by atoms with van der Waals surface area (Å²) in [6.07, 6.45) is 47.4. The SMILES string of the molecule is CCCCC/C=C\C/C=C\C/C=C\C/C=C\CCCC(=O)OC(CCCC)CCCCCCCCCCCCCCC(=O)O. The highest BCUT2D eigenvalue weighted by Gasteiger charge is 2.13. The minimum Gasteiger partial charge on any atom is -0.481 e. The normalized spacial score (nSPS) is 12.8. The van der Waals surface area contributed by atoms with E-state index in [1.807, 2.05) is 0 Å². The van der Waals surface area contributed by atoms with Crippen molar-refractivity contribution < 1.29 is 19.4 Å². The predicted molar refractivity (Wildman–Crippen MR) is 190 cm³/mol. The summed E-state index contributed by atoms with van der Waals surface area (Å²) in [6, 6.07) is 0. The number of allylic oxidation sites excluding steroid dienone is 8. The Hall–Kier alpha value is -2.10. The van der Waals surface area contributed by atoms with Gasteiger partial charge in [-0.3, -0.25) is 9.59 Å². The molecule has 0 rings (SSSR count). The third-order valence-corrected chi connectivity index (χ3v) is 8.05. The number of aliphatic carboxylic acids is 1. The zero-order valence-corrected chi connectivity index (χ0v) is 29.0. The van der Waals surface area contributed by atoms with Crippen LogP contribution >= 0.6 is 0 Å². The zero-order valence-electron chi connectivity index (χ0n) is 29.0. The van der Waals surface area contributed by atoms with E-state index in [-0.39, 0.29) is 12.1 Å². The Morgan fingerprint density at radius 2 is 0.932 bits per heavy atom. The predicted octanol–water partition coefficient (Wildman–Crippen LogP) is 12.8. The minimum atomic E-state index is -0.674. The quantitative estimate of drug-likeness (QED) is 0.0454. The highest BCUT2D eigenvalue weighted by atomic mass is 16.5. The first-order chi connectivity index (χ1) is 21.6. The van der Waals surface area contributed by atoms with E-state index in [1.54, 1.807) is 0 Å². The number of hydrogen-bond acceptors (Lipinski definition) is 3. The highest BCUT2D eigenvalue weighted by molar-refractivity contribution is 5.69. The number of carbonyl (C=O) groups is 2. The Morgan fingerprint density at radius 1 is 0.500 bits per heavy atom. The third-order valence-electron chi connectivity index (χ3n) is 8.05. The number of carbonyl (C=O) groups excluding carboxylic acids is 1. The molecule has 4 nitrogen and oxygen atoms in total. The van der Waals surface area contributed by atoms with Gasteiger partial charge in [-0.25, -0.2) is 0 Å². The fourth-order valence-corrected chi connectivity index (χ4v) is 5.28. The molecule has 0 heterocycles. The van der Waals surface area contributed by atoms with Crippen molar-refractivity contribution in [1.82, 2.24) is 0 Å². The van der Waals surface area contributed by atoms with E-state index in [2.05, 4.69) is 62.5 Å². The topological polar surface area (TPSA) is 63.6 Å². The van der Waals surface area contributed by atoms with Gasteiger partial charge in [0.2, 0.25) is 0 Å². The van der Waals surface area contributed by atoms with Crippen LogP contribution in [-0.4, -0.2) is 23.1 Å². The summed E-state index contributed by atoms with van der Waals surface area (Å²) >= 11 is 0. The van der Waals surface area contributed by atoms with Crippen LogP contribution in [0.5, 0.6) is 0 Å². The van der Waals surface area contributed by atoms with E-state index >= 15 is 0 Å². The van der Waals surface area contributed by atoms with Gasteiger partial charge in [0.15, 0.2) is 0 Å². The summed E-state index contributed by atoms with van der Waals surface area (Å²) in [5.74, 6) is -0.698. The van der Waals surface area contributed by atoms with Crippen molar-refractivity contribution in [3.05, 3.63) is 48.6 Å². The molecule has 0 aliphatic heterocycles. The van der Waals surface area contributed by atoms with Gasteiger partial charge in [-0.05, 0) is 70.6 Å². The van der Waals surface area contributed by atoms with Gasteiger partial charge in [-0.1, -0.05) is 152 Å². The fourth-order valence-electron chi connectivity index (χ4n) is 5.28. The Kier molecular flexibility index (Phi) is 33.7. The molecule has 0 aliphatic rings. The van der Waals surface area contributed by atoms with Gasteiger partial charge in [-0.15, -0.1) is 0 Å². The molecule has 0 fully saturated rings. The molecule has 4 heteroatoms. The minimum absolute atomic E-state index is 0.0242. The van der Waals surface area contributed by atoms with Crippen molar-refractivity contribution in [2.75, 3.05) is 0 Å². The molecule has 0 aromatic carbocycles. The number of ether oxygens (including phenoxy) is 1. The summed E-state index contributed by atoms with van der Waals surface area (Å²) in [5.41, 5.74) is 0. The van der Waals surface area contributed by atoms with E-state index in [0.717, 1.165) is 77.0 Å². The molecule has 44 heavy (non-hydrogen) atoms. The molecule has 1 atom stereocenters. The lowest BCUT2D eigenvalue weighted by atomic mass is 10.0. The summed E-state index contributed by atoms with van der Waals surface area (Å²) in [6.45, 7) is 4.44. The van der Waals surface area contributed by atoms with Crippen molar-refractivity contribution in [1.29, 1.82) is 0 Å². The maximum Gasteiger partial charge on any atom is 0.306 e. The standard InChI is InChI=1S/C40H70O4/c1-3-5-7-8-9-10-11-12-13-14-15-16-21-24-27-30-33-37-40(43)44-38(34-6-4-2)35-31-28-25-22-19-17-18-20-23-26-29-32-36-39(41)42/h9-10,12-13,15-16,24,27,38H,3-8,11,14,17-23,25-26,28-37H2,1-2H3,(H,41,42)/b10-9-,13-12-,16-15-,27-24-. The number of unbranched alkanes of at least 4 members (excludes halogenated alkanes) is 16. The summed E-state index contributed by atoms with van der Waals surface area (Å²) in [7, 11) is 0. The van der Waals surface area contributed by atoms with E-state index in [9.17, 15) is 9.59 Å². The van der Waals surface area contributed by atoms with Crippen molar-refractivity contribution in [3.63, 3.8) is 0 Å². The van der Waals surface area contributed by atoms with Crippen LogP contribution in [0.25, 0.3) is 0 Å². The molecule has 0 bridgehead atoms. The van der Waals surface area contributed by atoms with Crippen LogP contribution in [0.2, 0.25) is 0 Å². The van der Waals surface area contributed by atoms with E-state index in [1.165, 1.54) is 83.5 Å². The van der Waals surface area contributed by atoms with Crippen LogP contribution in [0.15, 0.2) is 48.6 Å². The van der Waals surface area contributed by atoms with Crippen LogP contribution < -0.4 is 0 Å². The molecule has 254 valence electrons. The first-order valence-electron chi connectivity index (χ1n) is 18.6. The lowest BCUT2D eigenvalue weighted by molar-refractivity contribution is -0.150. The highest BCUT2D eigenvalue weighted by Crippen LogP contribution is 2.17. The van der Waals surface area contributed by atoms with E-state index in [4.69, 9.17) is 9.84 Å². The van der Waals surface area contributed by atoms with Crippen LogP contribution in [0.3, 0.4) is 0 Å². The molecule has 0 aromatic heterocycles. The van der Waals surface area contributed by atoms with E-state index < -0.39 is 5.97 Å². The summed E-state index contributed by atoms with van der Waals surface area (Å²) in [5, 5.41) is 8.66. The second-order valence-corrected chi connectivity index (χ2v) is 12.4. The van der Waals surface area contributed by atoms with Gasteiger partial charge in [0.05, 0.1) is 0 Å². The summed E-state index contributed by atoms with van der Waals surface area (Å²) < 4.78 is 5.89. The Bertz CT molecular complexity index is 748. The van der Waals surface area contributed by atoms with Gasteiger partial charge < -0.3 is 9.84 Å². The molecule has 0 radical (unpaired) electrons. The molecular weight excluding hydrogens is 544 g/mol. The summed E-state index contributed by atoms with van der Waals surface area (Å²) in [4.78, 5) is 23.0. The van der Waals surface area contributed by atoms with Gasteiger partial charge >= 0.3 is 11.9 Å². The second kappa shape index (κ2) is 35.4. The fraction of sp³-hybridized carbons (Fsp3) is 0.750. The average Bonchev–Trinajstić information content (AvgIpc) is 3.01. The molecule has 0 saturated carbocycles. The van der Waals surface area contributed by atoms with Gasteiger partial charge in [0.25, 0.3) is 0 Å². The second-order valence-electron chi connectivity index (χ2n) is 12.4. The van der Waals surface area contributed by atoms with Crippen LogP contribution in [0.4, 0.5) is 0 Å². The maximum absolute atomic E-state index is 12.4. The molecule has 0 spiro atoms. The largest absolute Gasteiger partial charge is 0.481 e. The molecule has 0 amide bonds. The first kappa shape index (κ1) is 41.9. The Labute approximate surface area is 272 Å². The van der Waals surface area contributed by atoms with Crippen LogP contribution in [-0.2, 0) is 14.3 Å². The Morgan fingerprint density at radius 3 is 1.43 bits per heavy atom. The number of carboxylic acid groups (broad SMARTS) is 1. The van der Waals surface area contributed by atoms with Gasteiger partial charge in [-0.2, -0.15) is 0 Å². The first-order valence-corrected chi connectivity index (χ1v) is 18.6. The van der Waals surface area contributed by atoms with Gasteiger partial charge in [0.1, 0.15) is 6.10 Å². The molecule has 1 unspecified atom stereocenters. The number of esters is 1. The average molecular weight is 615 g/mol. The molecule has 0 aromatic rings. The van der Waals surface area contributed by atoms with E-state index in [0.29, 0.717) is 12.8 Å². The van der Waals surface area contributed by atoms with Crippen LogP contribution in [0.1, 0.15) is 187 Å². The van der Waals surface area contributed by atoms with Crippen molar-refractivity contribution in [2.24, 2.45) is 0 Å². The zero-order chi connectivity index (χ0) is 32.2.